The van der Waals surface area contributed by atoms with Crippen LogP contribution in [0, 0.1) is 0 Å². The number of halogens is 1. The van der Waals surface area contributed by atoms with Crippen LogP contribution >= 0.6 is 15.9 Å². The molecule has 2 rings (SSSR count). The first-order chi connectivity index (χ1) is 8.65. The maximum Gasteiger partial charge on any atom is 0.256 e. The molecule has 0 fully saturated rings. The second-order valence-electron chi connectivity index (χ2n) is 3.59. The number of methoxy groups -OCH3 is 1. The third-order valence-electron chi connectivity index (χ3n) is 2.47. The molecule has 0 radical (unpaired) electrons. The molecule has 0 spiro atoms. The molecular formula is C12H11BrN2O3. The molecule has 0 aliphatic heterocycles. The van der Waals surface area contributed by atoms with Crippen LogP contribution in [-0.2, 0) is 6.61 Å². The van der Waals surface area contributed by atoms with Crippen molar-refractivity contribution in [2.75, 3.05) is 7.11 Å². The van der Waals surface area contributed by atoms with Crippen LogP contribution in [0.1, 0.15) is 5.56 Å². The highest BCUT2D eigenvalue weighted by atomic mass is 79.9. The average molecular weight is 311 g/mol. The summed E-state index contributed by atoms with van der Waals surface area (Å²) in [6.07, 6.45) is 1.37. The molecule has 0 saturated heterocycles. The van der Waals surface area contributed by atoms with Crippen molar-refractivity contribution < 1.29 is 9.84 Å². The van der Waals surface area contributed by atoms with Crippen LogP contribution in [0.2, 0.25) is 0 Å². The second-order valence-corrected chi connectivity index (χ2v) is 4.45. The number of benzene rings is 1. The zero-order valence-electron chi connectivity index (χ0n) is 9.61. The van der Waals surface area contributed by atoms with Gasteiger partial charge in [-0.1, -0.05) is 0 Å². The van der Waals surface area contributed by atoms with Gasteiger partial charge in [0.15, 0.2) is 0 Å². The molecule has 94 valence electrons. The van der Waals surface area contributed by atoms with Gasteiger partial charge in [0, 0.05) is 11.8 Å². The molecule has 1 aromatic heterocycles. The standard InChI is InChI=1S/C12H11BrN2O3/c1-18-10-3-2-7(4-9(10)13)11-14-5-8(6-16)12(17)15-11/h2-5,16H,6H2,1H3,(H,14,15,17). The van der Waals surface area contributed by atoms with Gasteiger partial charge >= 0.3 is 0 Å². The van der Waals surface area contributed by atoms with E-state index in [0.717, 1.165) is 10.0 Å². The van der Waals surface area contributed by atoms with Crippen molar-refractivity contribution in [3.8, 4) is 17.1 Å². The van der Waals surface area contributed by atoms with E-state index in [4.69, 9.17) is 9.84 Å². The quantitative estimate of drug-likeness (QED) is 0.905. The molecule has 0 aliphatic carbocycles. The topological polar surface area (TPSA) is 75.2 Å². The van der Waals surface area contributed by atoms with Crippen LogP contribution in [0.3, 0.4) is 0 Å². The molecule has 0 unspecified atom stereocenters. The summed E-state index contributed by atoms with van der Waals surface area (Å²) in [6, 6.07) is 5.37. The van der Waals surface area contributed by atoms with Gasteiger partial charge in [-0.2, -0.15) is 0 Å². The van der Waals surface area contributed by atoms with Crippen LogP contribution in [0.25, 0.3) is 11.4 Å². The predicted octanol–water partition coefficient (Wildman–Crippen LogP) is 1.70. The molecule has 0 aliphatic rings. The molecule has 0 atom stereocenters. The van der Waals surface area contributed by atoms with E-state index in [1.54, 1.807) is 25.3 Å². The van der Waals surface area contributed by atoms with Crippen LogP contribution < -0.4 is 10.3 Å². The van der Waals surface area contributed by atoms with Crippen molar-refractivity contribution in [1.82, 2.24) is 9.97 Å². The molecule has 5 nitrogen and oxygen atoms in total. The van der Waals surface area contributed by atoms with Crippen molar-refractivity contribution in [3.63, 3.8) is 0 Å². The molecular weight excluding hydrogens is 300 g/mol. The molecule has 1 heterocycles. The summed E-state index contributed by atoms with van der Waals surface area (Å²) < 4.78 is 5.90. The Morgan fingerprint density at radius 1 is 1.50 bits per heavy atom. The number of nitrogens with one attached hydrogen (secondary N) is 1. The van der Waals surface area contributed by atoms with Gasteiger partial charge in [-0.05, 0) is 34.1 Å². The lowest BCUT2D eigenvalue weighted by atomic mass is 10.2. The van der Waals surface area contributed by atoms with Gasteiger partial charge in [0.05, 0.1) is 23.8 Å². The van der Waals surface area contributed by atoms with E-state index >= 15 is 0 Å². The highest BCUT2D eigenvalue weighted by Crippen LogP contribution is 2.28. The molecule has 6 heteroatoms. The Balaban J connectivity index is 2.46. The summed E-state index contributed by atoms with van der Waals surface area (Å²) >= 11 is 3.37. The van der Waals surface area contributed by atoms with E-state index in [-0.39, 0.29) is 17.7 Å². The number of rotatable bonds is 3. The van der Waals surface area contributed by atoms with Crippen molar-refractivity contribution in [1.29, 1.82) is 0 Å². The monoisotopic (exact) mass is 310 g/mol. The molecule has 0 amide bonds. The summed E-state index contributed by atoms with van der Waals surface area (Å²) in [4.78, 5) is 18.3. The number of ether oxygens (including phenoxy) is 1. The van der Waals surface area contributed by atoms with E-state index in [0.29, 0.717) is 11.6 Å². The first-order valence-electron chi connectivity index (χ1n) is 5.18. The lowest BCUT2D eigenvalue weighted by Crippen LogP contribution is -2.14. The Labute approximate surface area is 112 Å². The SMILES string of the molecule is COc1ccc(-c2ncc(CO)c(=O)[nH]2)cc1Br. The van der Waals surface area contributed by atoms with E-state index < -0.39 is 0 Å². The largest absolute Gasteiger partial charge is 0.496 e. The molecule has 18 heavy (non-hydrogen) atoms. The summed E-state index contributed by atoms with van der Waals surface area (Å²) in [5.74, 6) is 1.15. The van der Waals surface area contributed by atoms with Crippen LogP contribution in [0.4, 0.5) is 0 Å². The highest BCUT2D eigenvalue weighted by Gasteiger charge is 2.07. The Morgan fingerprint density at radius 3 is 2.83 bits per heavy atom. The molecule has 1 aromatic carbocycles. The van der Waals surface area contributed by atoms with Gasteiger partial charge in [-0.25, -0.2) is 4.98 Å². The van der Waals surface area contributed by atoms with Gasteiger partial charge in [0.2, 0.25) is 0 Å². The fourth-order valence-corrected chi connectivity index (χ4v) is 2.03. The number of aliphatic hydroxyl groups is 1. The van der Waals surface area contributed by atoms with Crippen molar-refractivity contribution in [2.45, 2.75) is 6.61 Å². The first kappa shape index (κ1) is 12.8. The zero-order chi connectivity index (χ0) is 13.1. The minimum atomic E-state index is -0.338. The Bertz CT molecular complexity index is 625. The van der Waals surface area contributed by atoms with Crippen molar-refractivity contribution in [3.05, 3.63) is 44.8 Å². The lowest BCUT2D eigenvalue weighted by Gasteiger charge is -2.06. The predicted molar refractivity (Wildman–Crippen MR) is 70.5 cm³/mol. The highest BCUT2D eigenvalue weighted by molar-refractivity contribution is 9.10. The number of aliphatic hydroxyl groups excluding tert-OH is 1. The summed E-state index contributed by atoms with van der Waals surface area (Å²) in [5, 5.41) is 8.91. The van der Waals surface area contributed by atoms with Gasteiger partial charge in [0.1, 0.15) is 11.6 Å². The van der Waals surface area contributed by atoms with E-state index in [1.807, 2.05) is 0 Å². The number of aromatic amines is 1. The van der Waals surface area contributed by atoms with Crippen LogP contribution in [-0.4, -0.2) is 22.2 Å². The van der Waals surface area contributed by atoms with E-state index in [2.05, 4.69) is 25.9 Å². The molecule has 2 aromatic rings. The average Bonchev–Trinajstić information content (AvgIpc) is 2.38. The van der Waals surface area contributed by atoms with Crippen LogP contribution in [0.15, 0.2) is 33.7 Å². The maximum atomic E-state index is 11.6. The lowest BCUT2D eigenvalue weighted by molar-refractivity contribution is 0.279. The zero-order valence-corrected chi connectivity index (χ0v) is 11.2. The minimum Gasteiger partial charge on any atom is -0.496 e. The summed E-state index contributed by atoms with van der Waals surface area (Å²) in [5.41, 5.74) is 0.657. The van der Waals surface area contributed by atoms with Crippen molar-refractivity contribution >= 4 is 15.9 Å². The Hall–Kier alpha value is -1.66. The number of hydrogen-bond donors (Lipinski definition) is 2. The van der Waals surface area contributed by atoms with Gasteiger partial charge in [0.25, 0.3) is 5.56 Å². The maximum absolute atomic E-state index is 11.6. The number of aromatic nitrogens is 2. The van der Waals surface area contributed by atoms with Gasteiger partial charge in [-0.15, -0.1) is 0 Å². The third kappa shape index (κ3) is 2.44. The summed E-state index contributed by atoms with van der Waals surface area (Å²) in [6.45, 7) is -0.324. The van der Waals surface area contributed by atoms with E-state index in [1.165, 1.54) is 6.20 Å². The van der Waals surface area contributed by atoms with E-state index in [9.17, 15) is 4.79 Å². The summed E-state index contributed by atoms with van der Waals surface area (Å²) in [7, 11) is 1.58. The Morgan fingerprint density at radius 2 is 2.28 bits per heavy atom. The molecule has 0 saturated carbocycles. The number of H-pyrrole nitrogens is 1. The molecule has 0 bridgehead atoms. The third-order valence-corrected chi connectivity index (χ3v) is 3.09. The second kappa shape index (κ2) is 5.32. The first-order valence-corrected chi connectivity index (χ1v) is 5.98. The normalized spacial score (nSPS) is 10.4. The van der Waals surface area contributed by atoms with Gasteiger partial charge in [-0.3, -0.25) is 4.79 Å². The van der Waals surface area contributed by atoms with Gasteiger partial charge < -0.3 is 14.8 Å². The van der Waals surface area contributed by atoms with Crippen LogP contribution in [0.5, 0.6) is 5.75 Å². The molecule has 2 N–H and O–H groups in total. The fourth-order valence-electron chi connectivity index (χ4n) is 1.49. The smallest absolute Gasteiger partial charge is 0.256 e. The Kier molecular flexibility index (Phi) is 3.78. The van der Waals surface area contributed by atoms with Crippen molar-refractivity contribution in [2.24, 2.45) is 0 Å². The fraction of sp³-hybridized carbons (Fsp3) is 0.167. The number of hydrogen-bond acceptors (Lipinski definition) is 4. The minimum absolute atomic E-state index is 0.242. The number of nitrogens with zero attached hydrogens (tertiary/aromatic N) is 1.